The lowest BCUT2D eigenvalue weighted by Gasteiger charge is -2.19. The lowest BCUT2D eigenvalue weighted by molar-refractivity contribution is 0.0512. The van der Waals surface area contributed by atoms with Crippen molar-refractivity contribution in [3.8, 4) is 0 Å². The molecule has 0 atom stereocenters. The van der Waals surface area contributed by atoms with Gasteiger partial charge in [-0.05, 0) is 102 Å². The predicted octanol–water partition coefficient (Wildman–Crippen LogP) is 9.77. The fraction of sp³-hybridized carbons (Fsp3) is 0.273. The van der Waals surface area contributed by atoms with E-state index in [4.69, 9.17) is 34.1 Å². The monoisotopic (exact) mass is 1070 g/mol. The zero-order valence-electron chi connectivity index (χ0n) is 36.9. The van der Waals surface area contributed by atoms with Crippen LogP contribution >= 0.6 is 56.7 Å². The minimum atomic E-state index is -0.530. The van der Waals surface area contributed by atoms with Gasteiger partial charge in [0.1, 0.15) is 11.2 Å². The van der Waals surface area contributed by atoms with Crippen molar-refractivity contribution in [2.45, 2.75) is 78.9 Å². The maximum absolute atomic E-state index is 11.6. The molecule has 8 rings (SSSR count). The van der Waals surface area contributed by atoms with Crippen LogP contribution in [0.3, 0.4) is 0 Å². The smallest absolute Gasteiger partial charge is 0.407 e. The van der Waals surface area contributed by atoms with E-state index in [0.717, 1.165) is 48.1 Å². The van der Waals surface area contributed by atoms with Crippen LogP contribution < -0.4 is 22.1 Å². The van der Waals surface area contributed by atoms with Crippen LogP contribution in [0.1, 0.15) is 64.3 Å². The molecule has 348 valence electrons. The van der Waals surface area contributed by atoms with Crippen LogP contribution in [-0.2, 0) is 35.7 Å². The highest BCUT2D eigenvalue weighted by atomic mass is 79.9. The summed E-state index contributed by atoms with van der Waals surface area (Å²) < 4.78 is 19.9. The van der Waals surface area contributed by atoms with E-state index < -0.39 is 23.4 Å². The third-order valence-corrected chi connectivity index (χ3v) is 9.60. The molecule has 0 aromatic carbocycles. The number of carbonyl (C=O) groups excluding carboxylic acids is 2. The molecule has 0 saturated carbocycles. The molecule has 2 amide bonds. The Morgan fingerprint density at radius 2 is 0.879 bits per heavy atom. The second-order valence-corrected chi connectivity index (χ2v) is 17.6. The van der Waals surface area contributed by atoms with E-state index in [2.05, 4.69) is 72.1 Å². The number of nitrogens with two attached hydrogens (primary N) is 2. The SMILES string of the molecule is CC(C)(C)OC(=O)NCc1ncn2ccc(Br)cc12.Cl.Cl.NCc1ncn2ccc(Br)cc12.[C-]#[N+]c1ccn2cnc(CN)c2c1.[C-]#[N+]c1ccn2cnc(CNC(=O)OC(C)(C)C)c2c1. The molecule has 8 aromatic heterocycles. The first-order chi connectivity index (χ1) is 30.4. The van der Waals surface area contributed by atoms with Crippen molar-refractivity contribution in [2.24, 2.45) is 11.5 Å². The zero-order chi connectivity index (χ0) is 46.6. The van der Waals surface area contributed by atoms with Crippen molar-refractivity contribution in [1.29, 1.82) is 0 Å². The van der Waals surface area contributed by atoms with Gasteiger partial charge in [0.25, 0.3) is 0 Å². The molecule has 8 aromatic rings. The van der Waals surface area contributed by atoms with E-state index in [1.165, 1.54) is 0 Å². The molecule has 0 fully saturated rings. The van der Waals surface area contributed by atoms with Gasteiger partial charge in [-0.15, -0.1) is 24.8 Å². The number of nitrogens with zero attached hydrogens (tertiary/aromatic N) is 10. The Morgan fingerprint density at radius 1 is 0.576 bits per heavy atom. The van der Waals surface area contributed by atoms with Crippen molar-refractivity contribution in [3.05, 3.63) is 153 Å². The van der Waals surface area contributed by atoms with Gasteiger partial charge in [-0.1, -0.05) is 31.9 Å². The average molecular weight is 1070 g/mol. The molecule has 0 aliphatic rings. The second kappa shape index (κ2) is 24.3. The molecule has 66 heavy (non-hydrogen) atoms. The van der Waals surface area contributed by atoms with Gasteiger partial charge in [-0.3, -0.25) is 0 Å². The van der Waals surface area contributed by atoms with Gasteiger partial charge in [0.05, 0.1) is 96.4 Å². The van der Waals surface area contributed by atoms with Crippen LogP contribution in [0, 0.1) is 13.1 Å². The summed E-state index contributed by atoms with van der Waals surface area (Å²) >= 11 is 6.82. The van der Waals surface area contributed by atoms with E-state index in [1.54, 1.807) is 80.9 Å². The summed E-state index contributed by atoms with van der Waals surface area (Å²) in [6.07, 6.45) is 13.3. The first-order valence-electron chi connectivity index (χ1n) is 19.6. The fourth-order valence-electron chi connectivity index (χ4n) is 5.76. The third-order valence-electron chi connectivity index (χ3n) is 8.61. The summed E-state index contributed by atoms with van der Waals surface area (Å²) in [4.78, 5) is 46.7. The van der Waals surface area contributed by atoms with Gasteiger partial charge in [0.15, 0.2) is 11.4 Å². The van der Waals surface area contributed by atoms with Crippen LogP contribution in [-0.4, -0.2) is 60.9 Å². The molecular formula is C44H50Br2Cl2N14O4. The Kier molecular flexibility index (Phi) is 19.9. The van der Waals surface area contributed by atoms with Crippen LogP contribution in [0.2, 0.25) is 0 Å². The molecule has 0 unspecified atom stereocenters. The fourth-order valence-corrected chi connectivity index (χ4v) is 6.43. The highest BCUT2D eigenvalue weighted by molar-refractivity contribution is 9.10. The molecule has 0 aliphatic heterocycles. The Balaban J connectivity index is 0.000000236. The Hall–Kier alpha value is -6.26. The van der Waals surface area contributed by atoms with E-state index in [0.29, 0.717) is 36.7 Å². The quantitative estimate of drug-likeness (QED) is 0.116. The lowest BCUT2D eigenvalue weighted by Crippen LogP contribution is -2.32. The van der Waals surface area contributed by atoms with E-state index >= 15 is 0 Å². The summed E-state index contributed by atoms with van der Waals surface area (Å²) in [7, 11) is 0. The number of aromatic nitrogens is 8. The topological polar surface area (TPSA) is 207 Å². The molecule has 8 heterocycles. The Labute approximate surface area is 410 Å². The minimum absolute atomic E-state index is 0. The largest absolute Gasteiger partial charge is 0.444 e. The highest BCUT2D eigenvalue weighted by Crippen LogP contribution is 2.20. The predicted molar refractivity (Wildman–Crippen MR) is 265 cm³/mol. The maximum Gasteiger partial charge on any atom is 0.407 e. The van der Waals surface area contributed by atoms with E-state index in [9.17, 15) is 9.59 Å². The van der Waals surface area contributed by atoms with Crippen molar-refractivity contribution >= 4 is 102 Å². The number of alkyl carbamates (subject to hydrolysis) is 2. The number of amides is 2. The standard InChI is InChI=1S/C14H16N4O2.C13H16BrN3O2.C9H8N4.C8H8BrN3.2ClH/c1-14(2,3)20-13(19)16-8-11-12-7-10(15-4)5-6-18(12)9-17-11;1-13(2,3)19-12(18)15-7-10-11-6-9(14)4-5-17(11)8-16-10;1-11-7-2-3-13-6-12-8(5-10)9(13)4-7;9-6-1-2-12-5-11-7(4-10)8(12)3-6;;/h5-7,9H,8H2,1-3H3,(H,16,19);4-6,8H,7H2,1-3H3,(H,15,18);2-4,6H,5,10H2;1-3,5H,4,10H2;2*1H. The Morgan fingerprint density at radius 3 is 1.21 bits per heavy atom. The molecule has 22 heteroatoms. The summed E-state index contributed by atoms with van der Waals surface area (Å²) in [6, 6.07) is 14.9. The van der Waals surface area contributed by atoms with E-state index in [1.807, 2.05) is 76.8 Å². The minimum Gasteiger partial charge on any atom is -0.444 e. The second-order valence-electron chi connectivity index (χ2n) is 15.7. The van der Waals surface area contributed by atoms with Gasteiger partial charge >= 0.3 is 12.2 Å². The number of fused-ring (bicyclic) bond motifs is 4. The molecule has 6 N–H and O–H groups in total. The van der Waals surface area contributed by atoms with Crippen molar-refractivity contribution < 1.29 is 19.1 Å². The summed E-state index contributed by atoms with van der Waals surface area (Å²) in [5.74, 6) is 0. The first-order valence-corrected chi connectivity index (χ1v) is 21.2. The molecule has 18 nitrogen and oxygen atoms in total. The number of nitrogens with one attached hydrogen (secondary N) is 2. The van der Waals surface area contributed by atoms with Crippen LogP contribution in [0.4, 0.5) is 21.0 Å². The normalized spacial score (nSPS) is 10.7. The average Bonchev–Trinajstić information content (AvgIpc) is 4.05. The summed E-state index contributed by atoms with van der Waals surface area (Å²) in [6.45, 7) is 26.3. The number of rotatable bonds is 6. The van der Waals surface area contributed by atoms with Crippen LogP contribution in [0.25, 0.3) is 31.8 Å². The number of hydrogen-bond donors (Lipinski definition) is 4. The number of ether oxygens (including phenoxy) is 2. The van der Waals surface area contributed by atoms with E-state index in [-0.39, 0.29) is 31.4 Å². The third kappa shape index (κ3) is 15.4. The number of halogens is 4. The molecular weight excluding hydrogens is 1020 g/mol. The molecule has 0 bridgehead atoms. The lowest BCUT2D eigenvalue weighted by atomic mass is 10.2. The summed E-state index contributed by atoms with van der Waals surface area (Å²) in [5, 5.41) is 5.36. The molecule has 0 saturated heterocycles. The van der Waals surface area contributed by atoms with Crippen molar-refractivity contribution in [3.63, 3.8) is 0 Å². The first kappa shape index (κ1) is 54.1. The summed E-state index contributed by atoms with van der Waals surface area (Å²) in [5.41, 5.74) is 18.1. The van der Waals surface area contributed by atoms with Crippen LogP contribution in [0.15, 0.2) is 108 Å². The number of carbonyl (C=O) groups is 2. The number of pyridine rings is 4. The van der Waals surface area contributed by atoms with Gasteiger partial charge in [-0.25, -0.2) is 39.2 Å². The van der Waals surface area contributed by atoms with Gasteiger partial charge in [0, 0.05) is 34.4 Å². The molecule has 0 aliphatic carbocycles. The van der Waals surface area contributed by atoms with Crippen LogP contribution in [0.5, 0.6) is 0 Å². The highest BCUT2D eigenvalue weighted by Gasteiger charge is 2.18. The van der Waals surface area contributed by atoms with Gasteiger partial charge < -0.3 is 49.2 Å². The molecule has 0 spiro atoms. The van der Waals surface area contributed by atoms with Crippen molar-refractivity contribution in [2.75, 3.05) is 0 Å². The zero-order valence-corrected chi connectivity index (χ0v) is 41.7. The maximum atomic E-state index is 11.6. The Bertz CT molecular complexity index is 2980. The van der Waals surface area contributed by atoms with Gasteiger partial charge in [-0.2, -0.15) is 0 Å². The number of hydrogen-bond acceptors (Lipinski definition) is 10. The molecule has 0 radical (unpaired) electrons. The van der Waals surface area contributed by atoms with Gasteiger partial charge in [0.2, 0.25) is 0 Å². The number of imidazole rings is 4. The van der Waals surface area contributed by atoms with Crippen molar-refractivity contribution in [1.82, 2.24) is 48.2 Å².